The van der Waals surface area contributed by atoms with Gasteiger partial charge < -0.3 is 5.11 Å². The van der Waals surface area contributed by atoms with Crippen LogP contribution in [0.3, 0.4) is 0 Å². The lowest BCUT2D eigenvalue weighted by molar-refractivity contribution is -0.137. The van der Waals surface area contributed by atoms with Crippen molar-refractivity contribution in [1.82, 2.24) is 13.7 Å². The predicted octanol–water partition coefficient (Wildman–Crippen LogP) is -1.57. The van der Waals surface area contributed by atoms with Gasteiger partial charge in [-0.05, 0) is 20.8 Å². The molecule has 0 aliphatic rings. The van der Waals surface area contributed by atoms with Crippen LogP contribution in [0.25, 0.3) is 0 Å². The molecule has 0 aliphatic heterocycles. The normalized spacial score (nSPS) is 10.8. The number of aliphatic carboxylic acids is 1. The number of nitrogens with zero attached hydrogens (tertiary/aromatic N) is 3. The third-order valence-corrected chi connectivity index (χ3v) is 2.53. The van der Waals surface area contributed by atoms with E-state index in [-0.39, 0.29) is 0 Å². The minimum atomic E-state index is -1.40. The number of carbonyl (C=O) groups excluding carboxylic acids is 1. The summed E-state index contributed by atoms with van der Waals surface area (Å²) in [7, 11) is 0. The van der Waals surface area contributed by atoms with Crippen molar-refractivity contribution in [2.24, 2.45) is 0 Å². The fourth-order valence-electron chi connectivity index (χ4n) is 1.72. The molecule has 0 aromatic carbocycles. The molecule has 1 aromatic rings. The Morgan fingerprint density at radius 2 is 1.45 bits per heavy atom. The second kappa shape index (κ2) is 5.68. The molecular weight excluding hydrogens is 270 g/mol. The molecule has 9 nitrogen and oxygen atoms in total. The van der Waals surface area contributed by atoms with Crippen molar-refractivity contribution >= 4 is 11.8 Å². The third kappa shape index (κ3) is 2.92. The van der Waals surface area contributed by atoms with E-state index in [1.54, 1.807) is 0 Å². The van der Waals surface area contributed by atoms with Crippen LogP contribution in [0.2, 0.25) is 0 Å². The molecule has 1 N–H and O–H groups in total. The molecule has 0 amide bonds. The number of ketones is 1. The number of carboxylic acid groups (broad SMARTS) is 1. The van der Waals surface area contributed by atoms with Crippen molar-refractivity contribution in [3.63, 3.8) is 0 Å². The molecule has 1 heterocycles. The zero-order valence-electron chi connectivity index (χ0n) is 11.3. The summed E-state index contributed by atoms with van der Waals surface area (Å²) in [6.07, 6.45) is 0. The molecule has 0 radical (unpaired) electrons. The average molecular weight is 285 g/mol. The van der Waals surface area contributed by atoms with Gasteiger partial charge >= 0.3 is 23.0 Å². The summed E-state index contributed by atoms with van der Waals surface area (Å²) in [5, 5.41) is 8.73. The molecule has 0 fully saturated rings. The van der Waals surface area contributed by atoms with Gasteiger partial charge in [-0.2, -0.15) is 0 Å². The van der Waals surface area contributed by atoms with Crippen LogP contribution >= 0.6 is 0 Å². The highest BCUT2D eigenvalue weighted by Gasteiger charge is 2.19. The Kier molecular flexibility index (Phi) is 4.43. The summed E-state index contributed by atoms with van der Waals surface area (Å²) < 4.78 is 1.73. The summed E-state index contributed by atoms with van der Waals surface area (Å²) in [6, 6.07) is -0.575. The zero-order chi connectivity index (χ0) is 15.6. The fraction of sp³-hybridized carbons (Fsp3) is 0.545. The van der Waals surface area contributed by atoms with Gasteiger partial charge in [-0.3, -0.25) is 9.59 Å². The molecule has 0 saturated carbocycles. The zero-order valence-corrected chi connectivity index (χ0v) is 11.3. The predicted molar refractivity (Wildman–Crippen MR) is 67.9 cm³/mol. The van der Waals surface area contributed by atoms with E-state index in [9.17, 15) is 24.0 Å². The van der Waals surface area contributed by atoms with Gasteiger partial charge in [0.05, 0.1) is 6.54 Å². The first-order valence-electron chi connectivity index (χ1n) is 5.84. The second-order valence-corrected chi connectivity index (χ2v) is 4.58. The highest BCUT2D eigenvalue weighted by molar-refractivity contribution is 5.75. The summed E-state index contributed by atoms with van der Waals surface area (Å²) in [4.78, 5) is 57.8. The average Bonchev–Trinajstić information content (AvgIpc) is 2.29. The van der Waals surface area contributed by atoms with E-state index in [0.29, 0.717) is 9.13 Å². The molecule has 0 atom stereocenters. The Morgan fingerprint density at radius 1 is 1.00 bits per heavy atom. The largest absolute Gasteiger partial charge is 0.480 e. The Bertz CT molecular complexity index is 667. The lowest BCUT2D eigenvalue weighted by Crippen LogP contribution is -2.56. The smallest absolute Gasteiger partial charge is 0.337 e. The molecule has 20 heavy (non-hydrogen) atoms. The van der Waals surface area contributed by atoms with Crippen molar-refractivity contribution in [3.05, 3.63) is 31.5 Å². The van der Waals surface area contributed by atoms with E-state index in [4.69, 9.17) is 5.11 Å². The van der Waals surface area contributed by atoms with Crippen molar-refractivity contribution < 1.29 is 14.7 Å². The Labute approximate surface area is 112 Å². The number of Topliss-reactive ketones (excluding diaryl/α,β-unsaturated/α-hetero) is 1. The molecular formula is C11H15N3O6. The van der Waals surface area contributed by atoms with E-state index >= 15 is 0 Å². The minimum Gasteiger partial charge on any atom is -0.480 e. The maximum atomic E-state index is 12.0. The van der Waals surface area contributed by atoms with Gasteiger partial charge in [0, 0.05) is 6.04 Å². The number of hydrogen-bond acceptors (Lipinski definition) is 5. The molecule has 1 rings (SSSR count). The quantitative estimate of drug-likeness (QED) is 0.697. The molecule has 0 bridgehead atoms. The van der Waals surface area contributed by atoms with Crippen LogP contribution in [0, 0.1) is 0 Å². The van der Waals surface area contributed by atoms with Crippen molar-refractivity contribution in [3.8, 4) is 0 Å². The number of carboxylic acids is 1. The van der Waals surface area contributed by atoms with Gasteiger partial charge in [-0.25, -0.2) is 28.1 Å². The van der Waals surface area contributed by atoms with E-state index in [2.05, 4.69) is 0 Å². The van der Waals surface area contributed by atoms with E-state index in [0.717, 1.165) is 4.57 Å². The van der Waals surface area contributed by atoms with E-state index in [1.807, 2.05) is 0 Å². The Balaban J connectivity index is 3.78. The number of aromatic nitrogens is 3. The van der Waals surface area contributed by atoms with Crippen LogP contribution in [0.5, 0.6) is 0 Å². The maximum absolute atomic E-state index is 12.0. The van der Waals surface area contributed by atoms with Crippen molar-refractivity contribution in [1.29, 1.82) is 0 Å². The number of hydrogen-bond donors (Lipinski definition) is 1. The van der Waals surface area contributed by atoms with Gasteiger partial charge in [-0.15, -0.1) is 0 Å². The fourth-order valence-corrected chi connectivity index (χ4v) is 1.72. The Hall–Kier alpha value is -2.45. The highest BCUT2D eigenvalue weighted by atomic mass is 16.4. The highest BCUT2D eigenvalue weighted by Crippen LogP contribution is 1.93. The maximum Gasteiger partial charge on any atom is 0.337 e. The first-order valence-corrected chi connectivity index (χ1v) is 5.84. The van der Waals surface area contributed by atoms with Gasteiger partial charge in [0.25, 0.3) is 0 Å². The molecule has 1 aromatic heterocycles. The van der Waals surface area contributed by atoms with Crippen LogP contribution < -0.4 is 17.1 Å². The van der Waals surface area contributed by atoms with Crippen LogP contribution in [-0.2, 0) is 22.7 Å². The van der Waals surface area contributed by atoms with Crippen LogP contribution in [0.4, 0.5) is 0 Å². The molecule has 0 saturated heterocycles. The van der Waals surface area contributed by atoms with Gasteiger partial charge in [-0.1, -0.05) is 0 Å². The van der Waals surface area contributed by atoms with Crippen LogP contribution in [0.1, 0.15) is 26.8 Å². The number of rotatable bonds is 5. The topological polar surface area (TPSA) is 120 Å². The van der Waals surface area contributed by atoms with Crippen LogP contribution in [0.15, 0.2) is 14.4 Å². The van der Waals surface area contributed by atoms with Crippen molar-refractivity contribution in [2.45, 2.75) is 39.9 Å². The first-order chi connectivity index (χ1) is 9.16. The molecule has 9 heteroatoms. The minimum absolute atomic E-state index is 0.423. The van der Waals surface area contributed by atoms with Gasteiger partial charge in [0.1, 0.15) is 12.3 Å². The SMILES string of the molecule is CC(=O)Cn1c(=O)n(CC(=O)O)c(=O)n(C(C)C)c1=O. The molecule has 110 valence electrons. The molecule has 0 unspecified atom stereocenters. The van der Waals surface area contributed by atoms with E-state index < -0.39 is 48.0 Å². The third-order valence-electron chi connectivity index (χ3n) is 2.53. The monoisotopic (exact) mass is 285 g/mol. The van der Waals surface area contributed by atoms with E-state index in [1.165, 1.54) is 20.8 Å². The lowest BCUT2D eigenvalue weighted by Gasteiger charge is -2.14. The first kappa shape index (κ1) is 15.6. The van der Waals surface area contributed by atoms with Crippen molar-refractivity contribution in [2.75, 3.05) is 0 Å². The molecule has 0 spiro atoms. The Morgan fingerprint density at radius 3 is 1.80 bits per heavy atom. The van der Waals surface area contributed by atoms with Gasteiger partial charge in [0.2, 0.25) is 0 Å². The summed E-state index contributed by atoms with van der Waals surface area (Å²) in [6.45, 7) is 2.87. The standard InChI is InChI=1S/C11H15N3O6/c1-6(2)14-10(19)12(4-7(3)15)9(18)13(11(14)20)5-8(16)17/h6H,4-5H2,1-3H3,(H,16,17). The molecule has 0 aliphatic carbocycles. The summed E-state index contributed by atoms with van der Waals surface area (Å²) in [5.74, 6) is -1.85. The summed E-state index contributed by atoms with van der Waals surface area (Å²) >= 11 is 0. The lowest BCUT2D eigenvalue weighted by atomic mass is 10.4. The van der Waals surface area contributed by atoms with Gasteiger partial charge in [0.15, 0.2) is 0 Å². The number of carbonyl (C=O) groups is 2. The summed E-state index contributed by atoms with van der Waals surface area (Å²) in [5.41, 5.74) is -3.03. The second-order valence-electron chi connectivity index (χ2n) is 4.58. The van der Waals surface area contributed by atoms with Crippen LogP contribution in [-0.4, -0.2) is 30.6 Å².